The first-order chi connectivity index (χ1) is 14.0. The molecular formula is C24H25NO4. The zero-order valence-corrected chi connectivity index (χ0v) is 16.4. The molecule has 0 saturated heterocycles. The summed E-state index contributed by atoms with van der Waals surface area (Å²) in [5.41, 5.74) is 1.65. The van der Waals surface area contributed by atoms with E-state index in [0.717, 1.165) is 11.1 Å². The van der Waals surface area contributed by atoms with Gasteiger partial charge in [-0.1, -0.05) is 86.2 Å². The molecule has 150 valence electrons. The standard InChI is InChI=1S/C24H25NO4/c1-2-9-21(18-25(28)29)24(22(26)16-14-19-10-5-3-6-11-19)23(27)17-15-20-12-7-4-8-13-20/h3-8,10-17,21,24H,2,9,18H2,1H3/b16-14+,17-15+/t21-/m0/s1. The lowest BCUT2D eigenvalue weighted by Crippen LogP contribution is -2.33. The van der Waals surface area contributed by atoms with E-state index >= 15 is 0 Å². The lowest BCUT2D eigenvalue weighted by atomic mass is 9.81. The molecule has 0 bridgehead atoms. The zero-order chi connectivity index (χ0) is 21.1. The summed E-state index contributed by atoms with van der Waals surface area (Å²) in [4.78, 5) is 36.5. The first-order valence-electron chi connectivity index (χ1n) is 9.67. The van der Waals surface area contributed by atoms with Gasteiger partial charge in [0.1, 0.15) is 0 Å². The molecule has 0 amide bonds. The molecule has 0 aliphatic heterocycles. The van der Waals surface area contributed by atoms with E-state index in [1.54, 1.807) is 12.2 Å². The van der Waals surface area contributed by atoms with Gasteiger partial charge in [-0.3, -0.25) is 19.7 Å². The number of hydrogen-bond donors (Lipinski definition) is 0. The van der Waals surface area contributed by atoms with Gasteiger partial charge in [-0.15, -0.1) is 0 Å². The Labute approximate surface area is 170 Å². The topological polar surface area (TPSA) is 77.3 Å². The van der Waals surface area contributed by atoms with Gasteiger partial charge in [0, 0.05) is 10.8 Å². The number of ketones is 2. The van der Waals surface area contributed by atoms with Crippen LogP contribution in [0, 0.1) is 22.0 Å². The molecule has 5 nitrogen and oxygen atoms in total. The minimum Gasteiger partial charge on any atom is -0.294 e. The Morgan fingerprint density at radius 1 is 0.897 bits per heavy atom. The molecule has 0 aliphatic rings. The maximum atomic E-state index is 12.9. The summed E-state index contributed by atoms with van der Waals surface area (Å²) in [5, 5.41) is 11.1. The summed E-state index contributed by atoms with van der Waals surface area (Å²) in [6.07, 6.45) is 7.08. The Balaban J connectivity index is 2.28. The van der Waals surface area contributed by atoms with Crippen molar-refractivity contribution in [2.24, 2.45) is 11.8 Å². The number of carbonyl (C=O) groups is 2. The highest BCUT2D eigenvalue weighted by Gasteiger charge is 2.34. The minimum atomic E-state index is -1.07. The Morgan fingerprint density at radius 3 is 1.72 bits per heavy atom. The van der Waals surface area contributed by atoms with Crippen LogP contribution in [-0.2, 0) is 9.59 Å². The molecule has 0 unspecified atom stereocenters. The van der Waals surface area contributed by atoms with Crippen LogP contribution < -0.4 is 0 Å². The molecule has 0 aromatic heterocycles. The van der Waals surface area contributed by atoms with Crippen LogP contribution in [0.3, 0.4) is 0 Å². The van der Waals surface area contributed by atoms with Crippen LogP contribution >= 0.6 is 0 Å². The van der Waals surface area contributed by atoms with Gasteiger partial charge in [0.05, 0.1) is 5.92 Å². The molecule has 0 fully saturated rings. The van der Waals surface area contributed by atoms with Gasteiger partial charge < -0.3 is 0 Å². The number of nitro groups is 1. The zero-order valence-electron chi connectivity index (χ0n) is 16.4. The highest BCUT2D eigenvalue weighted by atomic mass is 16.6. The monoisotopic (exact) mass is 391 g/mol. The second-order valence-electron chi connectivity index (χ2n) is 6.83. The molecule has 0 aliphatic carbocycles. The molecule has 0 heterocycles. The number of carbonyl (C=O) groups excluding carboxylic acids is 2. The molecular weight excluding hydrogens is 366 g/mol. The quantitative estimate of drug-likeness (QED) is 0.237. The van der Waals surface area contributed by atoms with E-state index in [4.69, 9.17) is 0 Å². The van der Waals surface area contributed by atoms with Crippen molar-refractivity contribution >= 4 is 23.7 Å². The Bertz CT molecular complexity index is 811. The molecule has 0 saturated carbocycles. The van der Waals surface area contributed by atoms with Crippen molar-refractivity contribution in [3.8, 4) is 0 Å². The maximum absolute atomic E-state index is 12.9. The SMILES string of the molecule is CCC[C@@H](C[N+](=O)[O-])C(C(=O)/C=C/c1ccccc1)C(=O)/C=C/c1ccccc1. The second-order valence-corrected chi connectivity index (χ2v) is 6.83. The third-order valence-corrected chi connectivity index (χ3v) is 4.61. The molecule has 29 heavy (non-hydrogen) atoms. The van der Waals surface area contributed by atoms with Crippen LogP contribution in [0.1, 0.15) is 30.9 Å². The van der Waals surface area contributed by atoms with E-state index in [1.807, 2.05) is 67.6 Å². The molecule has 5 heteroatoms. The van der Waals surface area contributed by atoms with E-state index in [1.165, 1.54) is 12.2 Å². The van der Waals surface area contributed by atoms with E-state index in [9.17, 15) is 19.7 Å². The summed E-state index contributed by atoms with van der Waals surface area (Å²) in [6, 6.07) is 18.5. The number of hydrogen-bond acceptors (Lipinski definition) is 4. The van der Waals surface area contributed by atoms with Gasteiger partial charge in [-0.25, -0.2) is 0 Å². The van der Waals surface area contributed by atoms with Gasteiger partial charge in [-0.2, -0.15) is 0 Å². The Morgan fingerprint density at radius 2 is 1.34 bits per heavy atom. The maximum Gasteiger partial charge on any atom is 0.207 e. The molecule has 0 spiro atoms. The molecule has 0 N–H and O–H groups in total. The van der Waals surface area contributed by atoms with Crippen molar-refractivity contribution in [1.82, 2.24) is 0 Å². The van der Waals surface area contributed by atoms with Gasteiger partial charge in [0.15, 0.2) is 11.6 Å². The fourth-order valence-corrected chi connectivity index (χ4v) is 3.22. The Hall–Kier alpha value is -3.34. The van der Waals surface area contributed by atoms with Gasteiger partial charge in [0.2, 0.25) is 6.54 Å². The highest BCUT2D eigenvalue weighted by Crippen LogP contribution is 2.23. The van der Waals surface area contributed by atoms with E-state index in [2.05, 4.69) is 0 Å². The summed E-state index contributed by atoms with van der Waals surface area (Å²) < 4.78 is 0. The van der Waals surface area contributed by atoms with E-state index in [-0.39, 0.29) is 0 Å². The van der Waals surface area contributed by atoms with Crippen LogP contribution in [0.4, 0.5) is 0 Å². The molecule has 0 radical (unpaired) electrons. The number of benzene rings is 2. The van der Waals surface area contributed by atoms with Crippen molar-refractivity contribution < 1.29 is 14.5 Å². The van der Waals surface area contributed by atoms with E-state index < -0.39 is 34.9 Å². The number of rotatable bonds is 11. The lowest BCUT2D eigenvalue weighted by Gasteiger charge is -2.19. The van der Waals surface area contributed by atoms with Crippen LogP contribution in [0.2, 0.25) is 0 Å². The predicted octanol–water partition coefficient (Wildman–Crippen LogP) is 4.86. The average Bonchev–Trinajstić information content (AvgIpc) is 2.72. The summed E-state index contributed by atoms with van der Waals surface area (Å²) in [6.45, 7) is 1.48. The number of allylic oxidation sites excluding steroid dienone is 2. The first kappa shape index (κ1) is 22.0. The van der Waals surface area contributed by atoms with Crippen molar-refractivity contribution in [1.29, 1.82) is 0 Å². The summed E-state index contributed by atoms with van der Waals surface area (Å²) >= 11 is 0. The summed E-state index contributed by atoms with van der Waals surface area (Å²) in [7, 11) is 0. The first-order valence-corrected chi connectivity index (χ1v) is 9.67. The fraction of sp³-hybridized carbons (Fsp3) is 0.250. The van der Waals surface area contributed by atoms with Crippen LogP contribution in [0.15, 0.2) is 72.8 Å². The van der Waals surface area contributed by atoms with Crippen molar-refractivity contribution in [2.75, 3.05) is 6.54 Å². The van der Waals surface area contributed by atoms with Crippen molar-refractivity contribution in [2.45, 2.75) is 19.8 Å². The van der Waals surface area contributed by atoms with E-state index in [0.29, 0.717) is 12.8 Å². The van der Waals surface area contributed by atoms with Crippen LogP contribution in [0.5, 0.6) is 0 Å². The minimum absolute atomic E-state index is 0.406. The molecule has 2 aromatic rings. The van der Waals surface area contributed by atoms with Gasteiger partial charge in [0.25, 0.3) is 0 Å². The third-order valence-electron chi connectivity index (χ3n) is 4.61. The van der Waals surface area contributed by atoms with Gasteiger partial charge >= 0.3 is 0 Å². The molecule has 2 aromatic carbocycles. The average molecular weight is 391 g/mol. The molecule has 2 rings (SSSR count). The van der Waals surface area contributed by atoms with Crippen LogP contribution in [-0.4, -0.2) is 23.0 Å². The Kier molecular flexibility index (Phi) is 8.70. The van der Waals surface area contributed by atoms with Gasteiger partial charge in [-0.05, 0) is 29.7 Å². The largest absolute Gasteiger partial charge is 0.294 e. The van der Waals surface area contributed by atoms with Crippen LogP contribution in [0.25, 0.3) is 12.2 Å². The fourth-order valence-electron chi connectivity index (χ4n) is 3.22. The highest BCUT2D eigenvalue weighted by molar-refractivity contribution is 6.13. The normalized spacial score (nSPS) is 12.5. The summed E-state index contributed by atoms with van der Waals surface area (Å²) in [5.74, 6) is -2.52. The second kappa shape index (κ2) is 11.5. The smallest absolute Gasteiger partial charge is 0.207 e. The lowest BCUT2D eigenvalue weighted by molar-refractivity contribution is -0.489. The van der Waals surface area contributed by atoms with Crippen molar-refractivity contribution in [3.63, 3.8) is 0 Å². The number of nitrogens with zero attached hydrogens (tertiary/aromatic N) is 1. The molecule has 1 atom stereocenters. The predicted molar refractivity (Wildman–Crippen MR) is 115 cm³/mol. The third kappa shape index (κ3) is 7.30. The van der Waals surface area contributed by atoms with Crippen molar-refractivity contribution in [3.05, 3.63) is 94.1 Å².